The van der Waals surface area contributed by atoms with E-state index in [1.54, 1.807) is 48.5 Å². The second-order valence-electron chi connectivity index (χ2n) is 6.87. The number of amides is 1. The van der Waals surface area contributed by atoms with E-state index in [0.29, 0.717) is 25.2 Å². The lowest BCUT2D eigenvalue weighted by Gasteiger charge is -2.25. The molecule has 1 heterocycles. The highest BCUT2D eigenvalue weighted by Gasteiger charge is 2.25. The van der Waals surface area contributed by atoms with Crippen LogP contribution in [0.5, 0.6) is 0 Å². The van der Waals surface area contributed by atoms with Crippen LogP contribution in [0, 0.1) is 11.3 Å². The molecule has 0 aromatic heterocycles. The molecule has 0 radical (unpaired) electrons. The number of nitrogens with zero attached hydrogens (tertiary/aromatic N) is 2. The molecule has 0 saturated carbocycles. The third-order valence-electron chi connectivity index (χ3n) is 4.81. The second kappa shape index (κ2) is 9.00. The minimum Gasteiger partial charge on any atom is -0.352 e. The topological polar surface area (TPSA) is 90.3 Å². The van der Waals surface area contributed by atoms with E-state index in [1.807, 2.05) is 0 Å². The molecule has 1 aliphatic heterocycles. The summed E-state index contributed by atoms with van der Waals surface area (Å²) in [6, 6.07) is 15.6. The first-order valence-corrected chi connectivity index (χ1v) is 10.8. The Morgan fingerprint density at radius 3 is 2.18 bits per heavy atom. The van der Waals surface area contributed by atoms with Gasteiger partial charge in [0.15, 0.2) is 0 Å². The monoisotopic (exact) mass is 397 g/mol. The van der Waals surface area contributed by atoms with Crippen molar-refractivity contribution in [3.8, 4) is 6.07 Å². The zero-order chi connectivity index (χ0) is 20.0. The fourth-order valence-electron chi connectivity index (χ4n) is 3.18. The van der Waals surface area contributed by atoms with Crippen molar-refractivity contribution < 1.29 is 13.2 Å². The summed E-state index contributed by atoms with van der Waals surface area (Å²) >= 11 is 0. The maximum absolute atomic E-state index is 12.7. The van der Waals surface area contributed by atoms with Gasteiger partial charge in [0.1, 0.15) is 0 Å². The van der Waals surface area contributed by atoms with Crippen molar-refractivity contribution in [1.82, 2.24) is 9.62 Å². The van der Waals surface area contributed by atoms with E-state index in [-0.39, 0.29) is 17.2 Å². The van der Waals surface area contributed by atoms with Crippen LogP contribution >= 0.6 is 0 Å². The number of hydrogen-bond acceptors (Lipinski definition) is 4. The minimum absolute atomic E-state index is 0.143. The maximum atomic E-state index is 12.7. The molecule has 2 aromatic carbocycles. The highest BCUT2D eigenvalue weighted by molar-refractivity contribution is 7.89. The largest absolute Gasteiger partial charge is 0.352 e. The zero-order valence-electron chi connectivity index (χ0n) is 15.6. The Morgan fingerprint density at radius 1 is 0.964 bits per heavy atom. The Morgan fingerprint density at radius 2 is 1.57 bits per heavy atom. The third kappa shape index (κ3) is 4.97. The number of carbonyl (C=O) groups excluding carboxylic acids is 1. The SMILES string of the molecule is N#Cc1ccc(CNC(=O)Cc2ccc(S(=O)(=O)N3CCCCC3)cc2)cc1. The molecule has 6 nitrogen and oxygen atoms in total. The molecule has 1 amide bonds. The molecule has 0 unspecified atom stereocenters. The van der Waals surface area contributed by atoms with Gasteiger partial charge in [0, 0.05) is 19.6 Å². The first-order chi connectivity index (χ1) is 13.5. The zero-order valence-corrected chi connectivity index (χ0v) is 16.4. The summed E-state index contributed by atoms with van der Waals surface area (Å²) in [7, 11) is -3.45. The van der Waals surface area contributed by atoms with Gasteiger partial charge in [-0.3, -0.25) is 4.79 Å². The van der Waals surface area contributed by atoms with E-state index in [0.717, 1.165) is 30.4 Å². The Labute approximate surface area is 165 Å². The molecule has 1 saturated heterocycles. The predicted octanol–water partition coefficient (Wildman–Crippen LogP) is 2.59. The Bertz CT molecular complexity index is 955. The summed E-state index contributed by atoms with van der Waals surface area (Å²) in [6.07, 6.45) is 3.05. The van der Waals surface area contributed by atoms with Gasteiger partial charge in [-0.05, 0) is 48.2 Å². The predicted molar refractivity (Wildman–Crippen MR) is 106 cm³/mol. The quantitative estimate of drug-likeness (QED) is 0.811. The van der Waals surface area contributed by atoms with Gasteiger partial charge < -0.3 is 5.32 Å². The van der Waals surface area contributed by atoms with Gasteiger partial charge in [-0.2, -0.15) is 9.57 Å². The molecule has 1 fully saturated rings. The van der Waals surface area contributed by atoms with Crippen LogP contribution in [0.1, 0.15) is 36.0 Å². The highest BCUT2D eigenvalue weighted by Crippen LogP contribution is 2.21. The third-order valence-corrected chi connectivity index (χ3v) is 6.73. The number of benzene rings is 2. The number of nitriles is 1. The van der Waals surface area contributed by atoms with E-state index in [9.17, 15) is 13.2 Å². The molecule has 0 atom stereocenters. The fourth-order valence-corrected chi connectivity index (χ4v) is 4.70. The number of carbonyl (C=O) groups is 1. The van der Waals surface area contributed by atoms with Crippen LogP contribution in [-0.4, -0.2) is 31.7 Å². The van der Waals surface area contributed by atoms with E-state index >= 15 is 0 Å². The van der Waals surface area contributed by atoms with Gasteiger partial charge in [0.25, 0.3) is 0 Å². The first-order valence-electron chi connectivity index (χ1n) is 9.34. The normalized spacial score (nSPS) is 15.0. The fraction of sp³-hybridized carbons (Fsp3) is 0.333. The first kappa shape index (κ1) is 20.1. The average Bonchev–Trinajstić information content (AvgIpc) is 2.73. The van der Waals surface area contributed by atoms with Gasteiger partial charge in [0.2, 0.25) is 15.9 Å². The molecule has 1 aliphatic rings. The molecule has 2 aromatic rings. The lowest BCUT2D eigenvalue weighted by molar-refractivity contribution is -0.120. The van der Waals surface area contributed by atoms with Crippen molar-refractivity contribution in [2.45, 2.75) is 37.1 Å². The molecule has 146 valence electrons. The van der Waals surface area contributed by atoms with E-state index in [1.165, 1.54) is 4.31 Å². The summed E-state index contributed by atoms with van der Waals surface area (Å²) in [5.74, 6) is -0.143. The van der Waals surface area contributed by atoms with Crippen LogP contribution in [0.3, 0.4) is 0 Å². The molecule has 7 heteroatoms. The highest BCUT2D eigenvalue weighted by atomic mass is 32.2. The van der Waals surface area contributed by atoms with Crippen molar-refractivity contribution in [3.05, 3.63) is 65.2 Å². The van der Waals surface area contributed by atoms with Gasteiger partial charge in [0.05, 0.1) is 22.9 Å². The molecule has 1 N–H and O–H groups in total. The lowest BCUT2D eigenvalue weighted by Crippen LogP contribution is -2.35. The minimum atomic E-state index is -3.45. The number of nitrogens with one attached hydrogen (secondary N) is 1. The number of rotatable bonds is 6. The molecule has 0 aliphatic carbocycles. The summed E-state index contributed by atoms with van der Waals surface area (Å²) < 4.78 is 26.8. The molecule has 3 rings (SSSR count). The van der Waals surface area contributed by atoms with Crippen LogP contribution < -0.4 is 5.32 Å². The summed E-state index contributed by atoms with van der Waals surface area (Å²) in [5, 5.41) is 11.6. The second-order valence-corrected chi connectivity index (χ2v) is 8.81. The van der Waals surface area contributed by atoms with Crippen molar-refractivity contribution in [1.29, 1.82) is 5.26 Å². The molecular weight excluding hydrogens is 374 g/mol. The number of hydrogen-bond donors (Lipinski definition) is 1. The van der Waals surface area contributed by atoms with Crippen molar-refractivity contribution in [2.24, 2.45) is 0 Å². The standard InChI is InChI=1S/C21H23N3O3S/c22-15-18-4-6-19(7-5-18)16-23-21(25)14-17-8-10-20(11-9-17)28(26,27)24-12-2-1-3-13-24/h4-11H,1-3,12-14,16H2,(H,23,25). The Hall–Kier alpha value is -2.69. The summed E-state index contributed by atoms with van der Waals surface area (Å²) in [5.41, 5.74) is 2.25. The van der Waals surface area contributed by atoms with Gasteiger partial charge in [-0.1, -0.05) is 30.7 Å². The van der Waals surface area contributed by atoms with Crippen LogP contribution in [-0.2, 0) is 27.8 Å². The van der Waals surface area contributed by atoms with E-state index in [2.05, 4.69) is 11.4 Å². The Kier molecular flexibility index (Phi) is 6.45. The van der Waals surface area contributed by atoms with Crippen molar-refractivity contribution >= 4 is 15.9 Å². The van der Waals surface area contributed by atoms with Gasteiger partial charge in [-0.25, -0.2) is 8.42 Å². The summed E-state index contributed by atoms with van der Waals surface area (Å²) in [6.45, 7) is 1.52. The maximum Gasteiger partial charge on any atom is 0.243 e. The smallest absolute Gasteiger partial charge is 0.243 e. The van der Waals surface area contributed by atoms with Gasteiger partial charge in [-0.15, -0.1) is 0 Å². The van der Waals surface area contributed by atoms with E-state index in [4.69, 9.17) is 5.26 Å². The molecule has 0 spiro atoms. The average molecular weight is 398 g/mol. The molecule has 0 bridgehead atoms. The van der Waals surface area contributed by atoms with Crippen LogP contribution in [0.2, 0.25) is 0 Å². The molecular formula is C21H23N3O3S. The lowest BCUT2D eigenvalue weighted by atomic mass is 10.1. The van der Waals surface area contributed by atoms with Crippen LogP contribution in [0.4, 0.5) is 0 Å². The van der Waals surface area contributed by atoms with Gasteiger partial charge >= 0.3 is 0 Å². The Balaban J connectivity index is 1.56. The number of piperidine rings is 1. The van der Waals surface area contributed by atoms with Crippen LogP contribution in [0.15, 0.2) is 53.4 Å². The molecule has 28 heavy (non-hydrogen) atoms. The number of sulfonamides is 1. The van der Waals surface area contributed by atoms with Crippen molar-refractivity contribution in [3.63, 3.8) is 0 Å². The van der Waals surface area contributed by atoms with E-state index < -0.39 is 10.0 Å². The van der Waals surface area contributed by atoms with Crippen molar-refractivity contribution in [2.75, 3.05) is 13.1 Å². The van der Waals surface area contributed by atoms with Crippen LogP contribution in [0.25, 0.3) is 0 Å². The summed E-state index contributed by atoms with van der Waals surface area (Å²) in [4.78, 5) is 12.4.